The molecule has 124 valence electrons. The van der Waals surface area contributed by atoms with E-state index in [0.29, 0.717) is 16.1 Å². The Hall–Kier alpha value is -1.82. The summed E-state index contributed by atoms with van der Waals surface area (Å²) in [6.07, 6.45) is 3.77. The van der Waals surface area contributed by atoms with Crippen molar-refractivity contribution in [3.63, 3.8) is 0 Å². The zero-order chi connectivity index (χ0) is 16.5. The van der Waals surface area contributed by atoms with Gasteiger partial charge in [0.05, 0.1) is 21.9 Å². The molecule has 0 spiro atoms. The summed E-state index contributed by atoms with van der Waals surface area (Å²) >= 11 is 12.1. The van der Waals surface area contributed by atoms with E-state index in [1.54, 1.807) is 12.3 Å². The molecular weight excluding hydrogens is 347 g/mol. The normalized spacial score (nSPS) is 15.8. The number of benzene rings is 1. The maximum atomic E-state index is 6.14. The van der Waals surface area contributed by atoms with Crippen molar-refractivity contribution >= 4 is 34.7 Å². The van der Waals surface area contributed by atoms with Crippen LogP contribution in [0.25, 0.3) is 16.9 Å². The smallest absolute Gasteiger partial charge is 0.154 e. The van der Waals surface area contributed by atoms with Crippen molar-refractivity contribution in [1.82, 2.24) is 14.6 Å². The van der Waals surface area contributed by atoms with Gasteiger partial charge in [0.1, 0.15) is 5.82 Å². The van der Waals surface area contributed by atoms with Crippen LogP contribution in [0.4, 0.5) is 5.82 Å². The SMILES string of the molecule is Clc1ccc(-c2cnc3ccc(NC4CCOCC4)nn23)cc1Cl. The first-order chi connectivity index (χ1) is 11.7. The first-order valence-corrected chi connectivity index (χ1v) is 8.61. The molecule has 1 aliphatic heterocycles. The molecule has 0 bridgehead atoms. The maximum absolute atomic E-state index is 6.14. The Morgan fingerprint density at radius 3 is 2.71 bits per heavy atom. The summed E-state index contributed by atoms with van der Waals surface area (Å²) in [6, 6.07) is 9.82. The van der Waals surface area contributed by atoms with Crippen molar-refractivity contribution in [2.24, 2.45) is 0 Å². The molecule has 0 unspecified atom stereocenters. The van der Waals surface area contributed by atoms with E-state index in [0.717, 1.165) is 48.8 Å². The van der Waals surface area contributed by atoms with Gasteiger partial charge >= 0.3 is 0 Å². The molecule has 3 heterocycles. The third-order valence-corrected chi connectivity index (χ3v) is 4.89. The van der Waals surface area contributed by atoms with Gasteiger partial charge in [-0.25, -0.2) is 9.50 Å². The highest BCUT2D eigenvalue weighted by Crippen LogP contribution is 2.29. The van der Waals surface area contributed by atoms with E-state index in [2.05, 4.69) is 15.4 Å². The van der Waals surface area contributed by atoms with Crippen molar-refractivity contribution in [2.45, 2.75) is 18.9 Å². The summed E-state index contributed by atoms with van der Waals surface area (Å²) in [5.74, 6) is 0.828. The summed E-state index contributed by atoms with van der Waals surface area (Å²) in [4.78, 5) is 4.41. The second-order valence-electron chi connectivity index (χ2n) is 5.79. The average Bonchev–Trinajstić information content (AvgIpc) is 3.01. The molecule has 3 aromatic rings. The molecule has 24 heavy (non-hydrogen) atoms. The zero-order valence-electron chi connectivity index (χ0n) is 12.9. The topological polar surface area (TPSA) is 51.5 Å². The lowest BCUT2D eigenvalue weighted by Gasteiger charge is -2.23. The summed E-state index contributed by atoms with van der Waals surface area (Å²) in [5.41, 5.74) is 2.58. The summed E-state index contributed by atoms with van der Waals surface area (Å²) in [6.45, 7) is 1.58. The summed E-state index contributed by atoms with van der Waals surface area (Å²) in [7, 11) is 0. The van der Waals surface area contributed by atoms with Gasteiger partial charge in [-0.05, 0) is 37.1 Å². The highest BCUT2D eigenvalue weighted by atomic mass is 35.5. The van der Waals surface area contributed by atoms with Crippen LogP contribution in [0.2, 0.25) is 10.0 Å². The number of imidazole rings is 1. The number of nitrogens with one attached hydrogen (secondary N) is 1. The molecule has 1 aromatic carbocycles. The van der Waals surface area contributed by atoms with Gasteiger partial charge in [-0.15, -0.1) is 5.10 Å². The van der Waals surface area contributed by atoms with E-state index < -0.39 is 0 Å². The average molecular weight is 363 g/mol. The van der Waals surface area contributed by atoms with Crippen LogP contribution in [0.5, 0.6) is 0 Å². The lowest BCUT2D eigenvalue weighted by atomic mass is 10.1. The Morgan fingerprint density at radius 1 is 1.08 bits per heavy atom. The quantitative estimate of drug-likeness (QED) is 0.754. The predicted octanol–water partition coefficient (Wildman–Crippen LogP) is 4.29. The van der Waals surface area contributed by atoms with Crippen molar-refractivity contribution in [1.29, 1.82) is 0 Å². The Morgan fingerprint density at radius 2 is 1.92 bits per heavy atom. The molecule has 0 amide bonds. The van der Waals surface area contributed by atoms with Crippen molar-refractivity contribution in [2.75, 3.05) is 18.5 Å². The first-order valence-electron chi connectivity index (χ1n) is 7.85. The first kappa shape index (κ1) is 15.7. The van der Waals surface area contributed by atoms with Crippen molar-refractivity contribution in [3.8, 4) is 11.3 Å². The molecular formula is C17H16Cl2N4O. The number of hydrogen-bond donors (Lipinski definition) is 1. The molecule has 0 atom stereocenters. The van der Waals surface area contributed by atoms with Crippen LogP contribution in [0.3, 0.4) is 0 Å². The van der Waals surface area contributed by atoms with Crippen LogP contribution in [-0.4, -0.2) is 33.9 Å². The van der Waals surface area contributed by atoms with Crippen LogP contribution in [0.15, 0.2) is 36.5 Å². The largest absolute Gasteiger partial charge is 0.381 e. The third kappa shape index (κ3) is 3.07. The molecule has 2 aromatic heterocycles. The third-order valence-electron chi connectivity index (χ3n) is 4.15. The number of ether oxygens (including phenoxy) is 1. The number of anilines is 1. The van der Waals surface area contributed by atoms with Crippen LogP contribution in [-0.2, 0) is 4.74 Å². The number of aromatic nitrogens is 3. The molecule has 0 saturated carbocycles. The molecule has 5 nitrogen and oxygen atoms in total. The van der Waals surface area contributed by atoms with E-state index in [1.165, 1.54) is 0 Å². The van der Waals surface area contributed by atoms with E-state index in [-0.39, 0.29) is 0 Å². The lowest BCUT2D eigenvalue weighted by molar-refractivity contribution is 0.0903. The monoisotopic (exact) mass is 362 g/mol. The standard InChI is InChI=1S/C17H16Cl2N4O/c18-13-2-1-11(9-14(13)19)15-10-20-17-4-3-16(22-23(15)17)21-12-5-7-24-8-6-12/h1-4,9-10,12H,5-8H2,(H,21,22). The van der Waals surface area contributed by atoms with Gasteiger partial charge < -0.3 is 10.1 Å². The molecule has 0 aliphatic carbocycles. The highest BCUT2D eigenvalue weighted by molar-refractivity contribution is 6.42. The van der Waals surface area contributed by atoms with E-state index in [9.17, 15) is 0 Å². The van der Waals surface area contributed by atoms with Gasteiger partial charge in [-0.2, -0.15) is 0 Å². The summed E-state index contributed by atoms with van der Waals surface area (Å²) in [5, 5.41) is 9.20. The number of rotatable bonds is 3. The Bertz CT molecular complexity index is 874. The second kappa shape index (κ2) is 6.59. The number of fused-ring (bicyclic) bond motifs is 1. The second-order valence-corrected chi connectivity index (χ2v) is 6.61. The van der Waals surface area contributed by atoms with Crippen LogP contribution in [0.1, 0.15) is 12.8 Å². The number of nitrogens with zero attached hydrogens (tertiary/aromatic N) is 3. The minimum Gasteiger partial charge on any atom is -0.381 e. The molecule has 1 aliphatic rings. The van der Waals surface area contributed by atoms with E-state index in [1.807, 2.05) is 28.8 Å². The maximum Gasteiger partial charge on any atom is 0.154 e. The van der Waals surface area contributed by atoms with E-state index in [4.69, 9.17) is 27.9 Å². The number of halogens is 2. The van der Waals surface area contributed by atoms with Crippen molar-refractivity contribution < 1.29 is 4.74 Å². The fourth-order valence-corrected chi connectivity index (χ4v) is 3.15. The molecule has 7 heteroatoms. The van der Waals surface area contributed by atoms with Gasteiger partial charge in [0.25, 0.3) is 0 Å². The predicted molar refractivity (Wildman–Crippen MR) is 95.9 cm³/mol. The fourth-order valence-electron chi connectivity index (χ4n) is 2.85. The van der Waals surface area contributed by atoms with Crippen LogP contribution in [0, 0.1) is 0 Å². The molecule has 0 radical (unpaired) electrons. The zero-order valence-corrected chi connectivity index (χ0v) is 14.4. The molecule has 1 fully saturated rings. The Balaban J connectivity index is 1.68. The minimum absolute atomic E-state index is 0.389. The summed E-state index contributed by atoms with van der Waals surface area (Å²) < 4.78 is 7.21. The molecule has 1 saturated heterocycles. The minimum atomic E-state index is 0.389. The van der Waals surface area contributed by atoms with Crippen LogP contribution < -0.4 is 5.32 Å². The van der Waals surface area contributed by atoms with Crippen molar-refractivity contribution in [3.05, 3.63) is 46.6 Å². The Labute approximate surface area is 149 Å². The van der Waals surface area contributed by atoms with Gasteiger partial charge in [0, 0.05) is 24.8 Å². The fraction of sp³-hybridized carbons (Fsp3) is 0.294. The highest BCUT2D eigenvalue weighted by Gasteiger charge is 2.15. The number of hydrogen-bond acceptors (Lipinski definition) is 4. The van der Waals surface area contributed by atoms with E-state index >= 15 is 0 Å². The Kier molecular flexibility index (Phi) is 4.31. The van der Waals surface area contributed by atoms with Gasteiger partial charge in [-0.1, -0.05) is 29.3 Å². The lowest BCUT2D eigenvalue weighted by Crippen LogP contribution is -2.28. The molecule has 1 N–H and O–H groups in total. The van der Waals surface area contributed by atoms with Crippen LogP contribution >= 0.6 is 23.2 Å². The molecule has 4 rings (SSSR count). The van der Waals surface area contributed by atoms with Gasteiger partial charge in [0.15, 0.2) is 5.65 Å². The van der Waals surface area contributed by atoms with Gasteiger partial charge in [-0.3, -0.25) is 0 Å². The van der Waals surface area contributed by atoms with Gasteiger partial charge in [0.2, 0.25) is 0 Å².